The number of nitrogens with zero attached hydrogens (tertiary/aromatic N) is 3. The van der Waals surface area contributed by atoms with Crippen molar-refractivity contribution in [3.63, 3.8) is 0 Å². The van der Waals surface area contributed by atoms with Gasteiger partial charge in [0.25, 0.3) is 0 Å². The third-order valence-corrected chi connectivity index (χ3v) is 2.79. The monoisotopic (exact) mass is 290 g/mol. The number of pyridine rings is 1. The van der Waals surface area contributed by atoms with Crippen LogP contribution in [0.2, 0.25) is 0 Å². The van der Waals surface area contributed by atoms with Gasteiger partial charge in [0.15, 0.2) is 0 Å². The molecule has 7 nitrogen and oxygen atoms in total. The van der Waals surface area contributed by atoms with Crippen molar-refractivity contribution in [1.82, 2.24) is 9.88 Å². The molecule has 0 aromatic carbocycles. The van der Waals surface area contributed by atoms with Crippen molar-refractivity contribution in [2.24, 2.45) is 5.92 Å². The highest BCUT2D eigenvalue weighted by Crippen LogP contribution is 2.09. The summed E-state index contributed by atoms with van der Waals surface area (Å²) in [5.74, 6) is -1.20. The van der Waals surface area contributed by atoms with E-state index in [-0.39, 0.29) is 18.4 Å². The van der Waals surface area contributed by atoms with E-state index >= 15 is 0 Å². The number of carbonyl (C=O) groups is 2. The molecule has 112 valence electrons. The number of carboxylic acids is 1. The Morgan fingerprint density at radius 3 is 2.71 bits per heavy atom. The first-order valence-electron chi connectivity index (χ1n) is 6.58. The number of aromatic nitrogens is 1. The van der Waals surface area contributed by atoms with Crippen LogP contribution in [0.5, 0.6) is 0 Å². The summed E-state index contributed by atoms with van der Waals surface area (Å²) in [7, 11) is 0. The number of nitriles is 1. The zero-order chi connectivity index (χ0) is 15.8. The summed E-state index contributed by atoms with van der Waals surface area (Å²) < 4.78 is 0. The highest BCUT2D eigenvalue weighted by molar-refractivity contribution is 5.89. The second kappa shape index (κ2) is 7.85. The van der Waals surface area contributed by atoms with Gasteiger partial charge in [-0.25, -0.2) is 4.79 Å². The molecule has 0 saturated heterocycles. The summed E-state index contributed by atoms with van der Waals surface area (Å²) in [6, 6.07) is 4.93. The molecule has 0 aliphatic rings. The van der Waals surface area contributed by atoms with Crippen LogP contribution in [0, 0.1) is 17.2 Å². The highest BCUT2D eigenvalue weighted by atomic mass is 16.4. The number of anilines is 1. The Morgan fingerprint density at radius 1 is 1.52 bits per heavy atom. The molecule has 1 heterocycles. The maximum atomic E-state index is 12.0. The van der Waals surface area contributed by atoms with Gasteiger partial charge >= 0.3 is 12.0 Å². The SMILES string of the molecule is CCN(CC(C)C#N)C(=O)Nc1ccc(CC(=O)O)nc1. The molecule has 0 aliphatic heterocycles. The first-order chi connectivity index (χ1) is 9.96. The van der Waals surface area contributed by atoms with Crippen LogP contribution < -0.4 is 5.32 Å². The molecule has 2 N–H and O–H groups in total. The fourth-order valence-corrected chi connectivity index (χ4v) is 1.69. The molecule has 7 heteroatoms. The minimum atomic E-state index is -0.957. The standard InChI is InChI=1S/C14H18N4O3/c1-3-18(9-10(2)7-15)14(21)17-12-5-4-11(16-8-12)6-13(19)20/h4-5,8,10H,3,6,9H2,1-2H3,(H,17,21)(H,19,20). The molecule has 1 aromatic heterocycles. The highest BCUT2D eigenvalue weighted by Gasteiger charge is 2.15. The Labute approximate surface area is 123 Å². The zero-order valence-corrected chi connectivity index (χ0v) is 12.0. The molecule has 21 heavy (non-hydrogen) atoms. The third kappa shape index (κ3) is 5.48. The van der Waals surface area contributed by atoms with Gasteiger partial charge in [-0.2, -0.15) is 5.26 Å². The number of nitrogens with one attached hydrogen (secondary N) is 1. The van der Waals surface area contributed by atoms with E-state index in [1.165, 1.54) is 11.1 Å². The lowest BCUT2D eigenvalue weighted by molar-refractivity contribution is -0.136. The van der Waals surface area contributed by atoms with Crippen LogP contribution in [0.4, 0.5) is 10.5 Å². The van der Waals surface area contributed by atoms with Crippen molar-refractivity contribution in [2.45, 2.75) is 20.3 Å². The van der Waals surface area contributed by atoms with Crippen molar-refractivity contribution >= 4 is 17.7 Å². The lowest BCUT2D eigenvalue weighted by Gasteiger charge is -2.22. The average Bonchev–Trinajstić information content (AvgIpc) is 2.45. The van der Waals surface area contributed by atoms with Crippen LogP contribution in [0.3, 0.4) is 0 Å². The predicted octanol–water partition coefficient (Wildman–Crippen LogP) is 1.72. The molecular formula is C14H18N4O3. The first kappa shape index (κ1) is 16.4. The van der Waals surface area contributed by atoms with Crippen molar-refractivity contribution in [3.05, 3.63) is 24.0 Å². The molecular weight excluding hydrogens is 272 g/mol. The summed E-state index contributed by atoms with van der Waals surface area (Å²) in [5.41, 5.74) is 0.906. The molecule has 1 aromatic rings. The molecule has 2 amide bonds. The number of rotatable bonds is 6. The molecule has 1 unspecified atom stereocenters. The van der Waals surface area contributed by atoms with E-state index in [2.05, 4.69) is 16.4 Å². The van der Waals surface area contributed by atoms with Gasteiger partial charge in [-0.1, -0.05) is 0 Å². The molecule has 0 fully saturated rings. The van der Waals surface area contributed by atoms with Gasteiger partial charge in [0.2, 0.25) is 0 Å². The van der Waals surface area contributed by atoms with Gasteiger partial charge in [-0.3, -0.25) is 9.78 Å². The van der Waals surface area contributed by atoms with E-state index < -0.39 is 5.97 Å². The minimum absolute atomic E-state index is 0.158. The summed E-state index contributed by atoms with van der Waals surface area (Å²) in [6.45, 7) is 4.42. The minimum Gasteiger partial charge on any atom is -0.481 e. The molecule has 0 bridgehead atoms. The second-order valence-corrected chi connectivity index (χ2v) is 4.61. The van der Waals surface area contributed by atoms with Crippen molar-refractivity contribution in [2.75, 3.05) is 18.4 Å². The van der Waals surface area contributed by atoms with Gasteiger partial charge in [-0.15, -0.1) is 0 Å². The second-order valence-electron chi connectivity index (χ2n) is 4.61. The van der Waals surface area contributed by atoms with Crippen molar-refractivity contribution < 1.29 is 14.7 Å². The number of hydrogen-bond acceptors (Lipinski definition) is 4. The van der Waals surface area contributed by atoms with E-state index in [1.54, 1.807) is 19.1 Å². The fourth-order valence-electron chi connectivity index (χ4n) is 1.69. The van der Waals surface area contributed by atoms with E-state index in [1.807, 2.05) is 6.92 Å². The maximum Gasteiger partial charge on any atom is 0.321 e. The largest absolute Gasteiger partial charge is 0.481 e. The Balaban J connectivity index is 2.64. The van der Waals surface area contributed by atoms with E-state index in [0.717, 1.165) is 0 Å². The molecule has 0 radical (unpaired) electrons. The lowest BCUT2D eigenvalue weighted by atomic mass is 10.2. The van der Waals surface area contributed by atoms with Gasteiger partial charge in [0, 0.05) is 13.1 Å². The third-order valence-electron chi connectivity index (χ3n) is 2.79. The van der Waals surface area contributed by atoms with Crippen LogP contribution >= 0.6 is 0 Å². The smallest absolute Gasteiger partial charge is 0.321 e. The zero-order valence-electron chi connectivity index (χ0n) is 12.0. The van der Waals surface area contributed by atoms with Crippen molar-refractivity contribution in [1.29, 1.82) is 5.26 Å². The van der Waals surface area contributed by atoms with Crippen LogP contribution in [-0.4, -0.2) is 40.1 Å². The maximum absolute atomic E-state index is 12.0. The summed E-state index contributed by atoms with van der Waals surface area (Å²) in [5, 5.41) is 20.1. The average molecular weight is 290 g/mol. The summed E-state index contributed by atoms with van der Waals surface area (Å²) in [6.07, 6.45) is 1.26. The Hall–Kier alpha value is -2.62. The topological polar surface area (TPSA) is 106 Å². The number of hydrogen-bond donors (Lipinski definition) is 2. The van der Waals surface area contributed by atoms with Gasteiger partial charge < -0.3 is 15.3 Å². The van der Waals surface area contributed by atoms with Crippen molar-refractivity contribution in [3.8, 4) is 6.07 Å². The number of carboxylic acid groups (broad SMARTS) is 1. The van der Waals surface area contributed by atoms with Crippen LogP contribution in [0.1, 0.15) is 19.5 Å². The number of carbonyl (C=O) groups excluding carboxylic acids is 1. The molecule has 1 atom stereocenters. The normalized spacial score (nSPS) is 11.3. The summed E-state index contributed by atoms with van der Waals surface area (Å²) in [4.78, 5) is 28.1. The lowest BCUT2D eigenvalue weighted by Crippen LogP contribution is -2.37. The predicted molar refractivity (Wildman–Crippen MR) is 76.6 cm³/mol. The molecule has 0 aliphatic carbocycles. The van der Waals surface area contributed by atoms with E-state index in [4.69, 9.17) is 10.4 Å². The van der Waals surface area contributed by atoms with Crippen LogP contribution in [-0.2, 0) is 11.2 Å². The van der Waals surface area contributed by atoms with Crippen LogP contribution in [0.15, 0.2) is 18.3 Å². The van der Waals surface area contributed by atoms with Gasteiger partial charge in [0.1, 0.15) is 0 Å². The number of amides is 2. The van der Waals surface area contributed by atoms with E-state index in [0.29, 0.717) is 24.5 Å². The Kier molecular flexibility index (Phi) is 6.14. The first-order valence-corrected chi connectivity index (χ1v) is 6.58. The van der Waals surface area contributed by atoms with E-state index in [9.17, 15) is 9.59 Å². The van der Waals surface area contributed by atoms with Gasteiger partial charge in [-0.05, 0) is 26.0 Å². The molecule has 1 rings (SSSR count). The Morgan fingerprint density at radius 2 is 2.24 bits per heavy atom. The number of urea groups is 1. The fraction of sp³-hybridized carbons (Fsp3) is 0.429. The number of aliphatic carboxylic acids is 1. The Bertz CT molecular complexity index is 536. The molecule has 0 spiro atoms. The molecule has 0 saturated carbocycles. The quantitative estimate of drug-likeness (QED) is 0.829. The van der Waals surface area contributed by atoms with Crippen LogP contribution in [0.25, 0.3) is 0 Å². The van der Waals surface area contributed by atoms with Gasteiger partial charge in [0.05, 0.1) is 36.0 Å². The summed E-state index contributed by atoms with van der Waals surface area (Å²) >= 11 is 0.